The molecule has 0 bridgehead atoms. The van der Waals surface area contributed by atoms with Crippen molar-refractivity contribution >= 4 is 17.3 Å². The summed E-state index contributed by atoms with van der Waals surface area (Å²) in [6.07, 6.45) is 5.18. The predicted octanol–water partition coefficient (Wildman–Crippen LogP) is 3.08. The molecule has 0 spiro atoms. The third-order valence-corrected chi connectivity index (χ3v) is 4.46. The van der Waals surface area contributed by atoms with E-state index in [0.29, 0.717) is 17.1 Å². The van der Waals surface area contributed by atoms with E-state index in [0.717, 1.165) is 5.69 Å². The maximum Gasteiger partial charge on any atom is 0.134 e. The zero-order valence-electron chi connectivity index (χ0n) is 10.4. The van der Waals surface area contributed by atoms with Crippen molar-refractivity contribution in [3.63, 3.8) is 0 Å². The molecular weight excluding hydrogens is 248 g/mol. The van der Waals surface area contributed by atoms with Gasteiger partial charge in [0.2, 0.25) is 0 Å². The van der Waals surface area contributed by atoms with Gasteiger partial charge in [-0.1, -0.05) is 18.0 Å². The first kappa shape index (κ1) is 12.1. The summed E-state index contributed by atoms with van der Waals surface area (Å²) in [7, 11) is 0. The summed E-state index contributed by atoms with van der Waals surface area (Å²) in [6.45, 7) is 2.45. The molecule has 2 saturated heterocycles. The van der Waals surface area contributed by atoms with Gasteiger partial charge in [-0.05, 0) is 44.0 Å². The SMILES string of the molecule is Oc1ccc(NC2CCN3CCCCC23)cc1Cl. The molecule has 2 aliphatic heterocycles. The Morgan fingerprint density at radius 1 is 1.22 bits per heavy atom. The lowest BCUT2D eigenvalue weighted by atomic mass is 9.99. The van der Waals surface area contributed by atoms with E-state index in [-0.39, 0.29) is 5.75 Å². The molecule has 3 nitrogen and oxygen atoms in total. The molecule has 0 aromatic heterocycles. The number of hydrogen-bond acceptors (Lipinski definition) is 3. The maximum absolute atomic E-state index is 9.42. The number of piperidine rings is 1. The van der Waals surface area contributed by atoms with Gasteiger partial charge in [-0.25, -0.2) is 0 Å². The highest BCUT2D eigenvalue weighted by Gasteiger charge is 2.35. The molecule has 0 aliphatic carbocycles. The van der Waals surface area contributed by atoms with Gasteiger partial charge in [0, 0.05) is 24.3 Å². The number of phenolic OH excluding ortho intramolecular Hbond substituents is 1. The molecule has 1 aromatic carbocycles. The highest BCUT2D eigenvalue weighted by atomic mass is 35.5. The van der Waals surface area contributed by atoms with Crippen LogP contribution >= 0.6 is 11.6 Å². The van der Waals surface area contributed by atoms with Crippen LogP contribution < -0.4 is 5.32 Å². The van der Waals surface area contributed by atoms with Crippen LogP contribution in [0.2, 0.25) is 5.02 Å². The Hall–Kier alpha value is -0.930. The molecule has 2 heterocycles. The van der Waals surface area contributed by atoms with Crippen LogP contribution in [0.4, 0.5) is 5.69 Å². The number of benzene rings is 1. The average molecular weight is 267 g/mol. The lowest BCUT2D eigenvalue weighted by molar-refractivity contribution is 0.193. The van der Waals surface area contributed by atoms with Gasteiger partial charge < -0.3 is 10.4 Å². The number of fused-ring (bicyclic) bond motifs is 1. The van der Waals surface area contributed by atoms with E-state index >= 15 is 0 Å². The summed E-state index contributed by atoms with van der Waals surface area (Å²) < 4.78 is 0. The van der Waals surface area contributed by atoms with Crippen molar-refractivity contribution in [1.29, 1.82) is 0 Å². The third kappa shape index (κ3) is 2.29. The number of nitrogens with zero attached hydrogens (tertiary/aromatic N) is 1. The van der Waals surface area contributed by atoms with Gasteiger partial charge >= 0.3 is 0 Å². The molecule has 2 N–H and O–H groups in total. The number of phenols is 1. The van der Waals surface area contributed by atoms with E-state index in [1.165, 1.54) is 38.8 Å². The highest BCUT2D eigenvalue weighted by Crippen LogP contribution is 2.31. The van der Waals surface area contributed by atoms with Gasteiger partial charge in [0.15, 0.2) is 0 Å². The Morgan fingerprint density at radius 3 is 2.94 bits per heavy atom. The van der Waals surface area contributed by atoms with Crippen molar-refractivity contribution in [3.05, 3.63) is 23.2 Å². The fourth-order valence-electron chi connectivity index (χ4n) is 3.23. The van der Waals surface area contributed by atoms with Crippen LogP contribution in [0.15, 0.2) is 18.2 Å². The Morgan fingerprint density at radius 2 is 2.11 bits per heavy atom. The fraction of sp³-hybridized carbons (Fsp3) is 0.571. The Kier molecular flexibility index (Phi) is 3.35. The number of halogens is 1. The molecule has 0 radical (unpaired) electrons. The molecule has 1 aromatic rings. The smallest absolute Gasteiger partial charge is 0.134 e. The standard InChI is InChI=1S/C14H19ClN2O/c15-11-9-10(4-5-14(11)18)16-12-6-8-17-7-2-1-3-13(12)17/h4-5,9,12-13,16,18H,1-3,6-8H2. The van der Waals surface area contributed by atoms with Gasteiger partial charge in [-0.3, -0.25) is 4.90 Å². The van der Waals surface area contributed by atoms with Crippen molar-refractivity contribution < 1.29 is 5.11 Å². The molecule has 98 valence electrons. The minimum atomic E-state index is 0.146. The van der Waals surface area contributed by atoms with E-state index in [9.17, 15) is 5.11 Å². The second-order valence-corrected chi connectivity index (χ2v) is 5.71. The van der Waals surface area contributed by atoms with E-state index in [4.69, 9.17) is 11.6 Å². The molecule has 2 atom stereocenters. The van der Waals surface area contributed by atoms with Crippen LogP contribution in [-0.2, 0) is 0 Å². The number of aromatic hydroxyl groups is 1. The predicted molar refractivity (Wildman–Crippen MR) is 74.4 cm³/mol. The normalized spacial score (nSPS) is 28.1. The van der Waals surface area contributed by atoms with E-state index in [2.05, 4.69) is 10.2 Å². The summed E-state index contributed by atoms with van der Waals surface area (Å²) in [5.41, 5.74) is 1.01. The number of nitrogens with one attached hydrogen (secondary N) is 1. The summed E-state index contributed by atoms with van der Waals surface area (Å²) in [4.78, 5) is 2.60. The lowest BCUT2D eigenvalue weighted by Gasteiger charge is -2.33. The zero-order valence-corrected chi connectivity index (χ0v) is 11.2. The first-order valence-electron chi connectivity index (χ1n) is 6.73. The van der Waals surface area contributed by atoms with E-state index < -0.39 is 0 Å². The molecule has 2 aliphatic rings. The van der Waals surface area contributed by atoms with Crippen LogP contribution in [0.25, 0.3) is 0 Å². The van der Waals surface area contributed by atoms with Gasteiger partial charge in [0.1, 0.15) is 5.75 Å². The van der Waals surface area contributed by atoms with Crippen molar-refractivity contribution in [1.82, 2.24) is 4.90 Å². The maximum atomic E-state index is 9.42. The molecular formula is C14H19ClN2O. The first-order chi connectivity index (χ1) is 8.74. The Balaban J connectivity index is 1.70. The van der Waals surface area contributed by atoms with Gasteiger partial charge in [0.25, 0.3) is 0 Å². The van der Waals surface area contributed by atoms with Crippen LogP contribution in [0.5, 0.6) is 5.75 Å². The largest absolute Gasteiger partial charge is 0.506 e. The molecule has 2 unspecified atom stereocenters. The second kappa shape index (κ2) is 4.98. The minimum Gasteiger partial charge on any atom is -0.506 e. The van der Waals surface area contributed by atoms with Crippen LogP contribution in [0, 0.1) is 0 Å². The second-order valence-electron chi connectivity index (χ2n) is 5.30. The van der Waals surface area contributed by atoms with Crippen LogP contribution in [-0.4, -0.2) is 35.2 Å². The highest BCUT2D eigenvalue weighted by molar-refractivity contribution is 6.32. The molecule has 18 heavy (non-hydrogen) atoms. The number of rotatable bonds is 2. The van der Waals surface area contributed by atoms with E-state index in [1.807, 2.05) is 12.1 Å². The summed E-state index contributed by atoms with van der Waals surface area (Å²) >= 11 is 5.94. The lowest BCUT2D eigenvalue weighted by Crippen LogP contribution is -2.41. The third-order valence-electron chi connectivity index (χ3n) is 4.16. The van der Waals surface area contributed by atoms with Gasteiger partial charge in [0.05, 0.1) is 5.02 Å². The van der Waals surface area contributed by atoms with Crippen molar-refractivity contribution in [2.75, 3.05) is 18.4 Å². The molecule has 0 amide bonds. The quantitative estimate of drug-likeness (QED) is 0.808. The van der Waals surface area contributed by atoms with Crippen molar-refractivity contribution in [2.24, 2.45) is 0 Å². The van der Waals surface area contributed by atoms with Crippen molar-refractivity contribution in [3.8, 4) is 5.75 Å². The number of hydrogen-bond donors (Lipinski definition) is 2. The summed E-state index contributed by atoms with van der Waals surface area (Å²) in [6, 6.07) is 6.55. The topological polar surface area (TPSA) is 35.5 Å². The first-order valence-corrected chi connectivity index (χ1v) is 7.11. The number of anilines is 1. The summed E-state index contributed by atoms with van der Waals surface area (Å²) in [5, 5.41) is 13.4. The average Bonchev–Trinajstić information content (AvgIpc) is 2.78. The Bertz CT molecular complexity index is 438. The minimum absolute atomic E-state index is 0.146. The molecule has 2 fully saturated rings. The molecule has 0 saturated carbocycles. The van der Waals surface area contributed by atoms with E-state index in [1.54, 1.807) is 6.07 Å². The van der Waals surface area contributed by atoms with Crippen LogP contribution in [0.1, 0.15) is 25.7 Å². The molecule has 3 rings (SSSR count). The molecule has 4 heteroatoms. The fourth-order valence-corrected chi connectivity index (χ4v) is 3.41. The van der Waals surface area contributed by atoms with Gasteiger partial charge in [-0.2, -0.15) is 0 Å². The monoisotopic (exact) mass is 266 g/mol. The van der Waals surface area contributed by atoms with Gasteiger partial charge in [-0.15, -0.1) is 0 Å². The summed E-state index contributed by atoms with van der Waals surface area (Å²) in [5.74, 6) is 0.146. The zero-order chi connectivity index (χ0) is 12.5. The Labute approximate surface area is 113 Å². The van der Waals surface area contributed by atoms with Crippen LogP contribution in [0.3, 0.4) is 0 Å². The van der Waals surface area contributed by atoms with Crippen molar-refractivity contribution in [2.45, 2.75) is 37.8 Å².